The fourth-order valence-electron chi connectivity index (χ4n) is 1.47. The molecule has 5 heteroatoms. The number of halogens is 3. The Morgan fingerprint density at radius 2 is 2.07 bits per heavy atom. The number of ether oxygens (including phenoxy) is 1. The highest BCUT2D eigenvalue weighted by Crippen LogP contribution is 2.29. The third-order valence-corrected chi connectivity index (χ3v) is 2.22. The van der Waals surface area contributed by atoms with Crippen LogP contribution in [0.1, 0.15) is 15.9 Å². The van der Waals surface area contributed by atoms with E-state index < -0.39 is 12.0 Å². The van der Waals surface area contributed by atoms with Crippen LogP contribution in [0.2, 0.25) is 0 Å². The zero-order valence-electron chi connectivity index (χ0n) is 7.60. The highest BCUT2D eigenvalue weighted by molar-refractivity contribution is 6.00. The lowest BCUT2D eigenvalue weighted by Gasteiger charge is -2.06. The molecule has 0 aliphatic carbocycles. The van der Waals surface area contributed by atoms with Crippen molar-refractivity contribution in [2.45, 2.75) is 12.6 Å². The third-order valence-electron chi connectivity index (χ3n) is 2.22. The van der Waals surface area contributed by atoms with E-state index in [1.54, 1.807) is 0 Å². The number of ketones is 1. The number of rotatable bonds is 1. The molecule has 0 N–H and O–H groups in total. The Kier molecular flexibility index (Phi) is 2.17. The molecule has 0 radical (unpaired) electrons. The normalized spacial score (nSPS) is 14.6. The summed E-state index contributed by atoms with van der Waals surface area (Å²) in [4.78, 5) is 10.9. The van der Waals surface area contributed by atoms with Gasteiger partial charge in [-0.3, -0.25) is 4.79 Å². The Labute approximate surface area is 83.7 Å². The average Bonchev–Trinajstić information content (AvgIpc) is 2.61. The van der Waals surface area contributed by atoms with Crippen molar-refractivity contribution >= 4 is 5.78 Å². The van der Waals surface area contributed by atoms with Gasteiger partial charge >= 0.3 is 6.18 Å². The van der Waals surface area contributed by atoms with E-state index in [4.69, 9.17) is 4.74 Å². The van der Waals surface area contributed by atoms with Gasteiger partial charge in [0.1, 0.15) is 5.75 Å². The Bertz CT molecular complexity index is 410. The molecule has 1 aromatic rings. The minimum Gasteiger partial charge on any atom is -0.493 e. The number of Topliss-reactive ketones (excluding diaryl/α,β-unsaturated/α-hetero) is 1. The molecule has 0 atom stereocenters. The first-order chi connectivity index (χ1) is 6.98. The fraction of sp³-hybridized carbons (Fsp3) is 0.300. The molecular weight excluding hydrogens is 209 g/mol. The molecule has 0 fully saturated rings. The molecule has 0 unspecified atom stereocenters. The van der Waals surface area contributed by atoms with Crippen LogP contribution in [0.5, 0.6) is 5.75 Å². The van der Waals surface area contributed by atoms with E-state index in [0.29, 0.717) is 18.8 Å². The molecule has 80 valence electrons. The summed E-state index contributed by atoms with van der Waals surface area (Å²) in [5.74, 6) is -1.45. The quantitative estimate of drug-likeness (QED) is 0.673. The molecule has 15 heavy (non-hydrogen) atoms. The summed E-state index contributed by atoms with van der Waals surface area (Å²) >= 11 is 0. The molecular formula is C10H7F3O2. The molecule has 0 spiro atoms. The second-order valence-corrected chi connectivity index (χ2v) is 3.25. The number of fused-ring (bicyclic) bond motifs is 1. The van der Waals surface area contributed by atoms with Crippen LogP contribution in [0.3, 0.4) is 0 Å². The van der Waals surface area contributed by atoms with Crippen molar-refractivity contribution in [3.05, 3.63) is 29.3 Å². The third kappa shape index (κ3) is 1.82. The molecule has 0 aromatic heterocycles. The van der Waals surface area contributed by atoms with E-state index in [2.05, 4.69) is 0 Å². The number of alkyl halides is 3. The summed E-state index contributed by atoms with van der Waals surface area (Å²) in [6.07, 6.45) is -4.15. The summed E-state index contributed by atoms with van der Waals surface area (Å²) in [6.45, 7) is 0.457. The van der Waals surface area contributed by atoms with Crippen LogP contribution in [0.25, 0.3) is 0 Å². The van der Waals surface area contributed by atoms with Crippen molar-refractivity contribution in [1.29, 1.82) is 0 Å². The van der Waals surface area contributed by atoms with Gasteiger partial charge in [0.05, 0.1) is 6.61 Å². The lowest BCUT2D eigenvalue weighted by molar-refractivity contribution is -0.0885. The summed E-state index contributed by atoms with van der Waals surface area (Å²) in [7, 11) is 0. The van der Waals surface area contributed by atoms with Crippen molar-refractivity contribution in [2.24, 2.45) is 0 Å². The number of benzene rings is 1. The van der Waals surface area contributed by atoms with Crippen LogP contribution in [-0.4, -0.2) is 18.6 Å². The van der Waals surface area contributed by atoms with Crippen molar-refractivity contribution in [3.8, 4) is 5.75 Å². The number of carbonyl (C=O) groups is 1. The highest BCUT2D eigenvalue weighted by atomic mass is 19.4. The van der Waals surface area contributed by atoms with Crippen LogP contribution in [0.15, 0.2) is 18.2 Å². The van der Waals surface area contributed by atoms with Gasteiger partial charge in [0.25, 0.3) is 5.78 Å². The van der Waals surface area contributed by atoms with Gasteiger partial charge in [0, 0.05) is 12.0 Å². The largest absolute Gasteiger partial charge is 0.493 e. The van der Waals surface area contributed by atoms with Crippen LogP contribution < -0.4 is 4.74 Å². The van der Waals surface area contributed by atoms with Crippen molar-refractivity contribution in [1.82, 2.24) is 0 Å². The van der Waals surface area contributed by atoms with E-state index in [0.717, 1.165) is 11.6 Å². The zero-order valence-corrected chi connectivity index (χ0v) is 7.60. The summed E-state index contributed by atoms with van der Waals surface area (Å²) in [5, 5.41) is 0. The monoisotopic (exact) mass is 216 g/mol. The maximum Gasteiger partial charge on any atom is 0.454 e. The van der Waals surface area contributed by atoms with E-state index in [1.165, 1.54) is 12.1 Å². The zero-order chi connectivity index (χ0) is 11.1. The molecule has 1 heterocycles. The van der Waals surface area contributed by atoms with E-state index >= 15 is 0 Å². The molecule has 1 aliphatic heterocycles. The highest BCUT2D eigenvalue weighted by Gasteiger charge is 2.39. The molecule has 2 nitrogen and oxygen atoms in total. The van der Waals surface area contributed by atoms with Gasteiger partial charge < -0.3 is 4.74 Å². The molecule has 1 aliphatic rings. The summed E-state index contributed by atoms with van der Waals surface area (Å²) < 4.78 is 41.4. The second-order valence-electron chi connectivity index (χ2n) is 3.25. The minimum absolute atomic E-state index is 0.372. The van der Waals surface area contributed by atoms with Crippen molar-refractivity contribution in [3.63, 3.8) is 0 Å². The SMILES string of the molecule is O=C(c1ccc2c(c1)OCC2)C(F)(F)F. The molecule has 0 saturated carbocycles. The Morgan fingerprint density at radius 3 is 2.73 bits per heavy atom. The first-order valence-electron chi connectivity index (χ1n) is 4.36. The Balaban J connectivity index is 2.35. The van der Waals surface area contributed by atoms with Crippen LogP contribution in [-0.2, 0) is 6.42 Å². The number of carbonyl (C=O) groups excluding carboxylic acids is 1. The van der Waals surface area contributed by atoms with Gasteiger partial charge in [-0.1, -0.05) is 12.1 Å². The smallest absolute Gasteiger partial charge is 0.454 e. The maximum atomic E-state index is 12.1. The summed E-state index contributed by atoms with van der Waals surface area (Å²) in [6, 6.07) is 3.84. The Hall–Kier alpha value is -1.52. The number of hydrogen-bond acceptors (Lipinski definition) is 2. The van der Waals surface area contributed by atoms with E-state index in [9.17, 15) is 18.0 Å². The average molecular weight is 216 g/mol. The topological polar surface area (TPSA) is 26.3 Å². The van der Waals surface area contributed by atoms with Gasteiger partial charge in [-0.05, 0) is 11.6 Å². The molecule has 0 amide bonds. The number of hydrogen-bond donors (Lipinski definition) is 0. The molecule has 0 saturated heterocycles. The van der Waals surface area contributed by atoms with Gasteiger partial charge in [0.15, 0.2) is 0 Å². The van der Waals surface area contributed by atoms with E-state index in [-0.39, 0.29) is 5.56 Å². The van der Waals surface area contributed by atoms with E-state index in [1.807, 2.05) is 0 Å². The standard InChI is InChI=1S/C10H7F3O2/c11-10(12,13)9(14)7-2-1-6-3-4-15-8(6)5-7/h1-2,5H,3-4H2. The van der Waals surface area contributed by atoms with Crippen LogP contribution in [0.4, 0.5) is 13.2 Å². The predicted molar refractivity (Wildman–Crippen MR) is 46.0 cm³/mol. The van der Waals surface area contributed by atoms with Gasteiger partial charge in [-0.25, -0.2) is 0 Å². The van der Waals surface area contributed by atoms with Gasteiger partial charge in [0.2, 0.25) is 0 Å². The maximum absolute atomic E-state index is 12.1. The first kappa shape index (κ1) is 10.0. The van der Waals surface area contributed by atoms with Crippen LogP contribution >= 0.6 is 0 Å². The van der Waals surface area contributed by atoms with Crippen molar-refractivity contribution in [2.75, 3.05) is 6.61 Å². The minimum atomic E-state index is -4.83. The van der Waals surface area contributed by atoms with Gasteiger partial charge in [-0.2, -0.15) is 13.2 Å². The fourth-order valence-corrected chi connectivity index (χ4v) is 1.47. The lowest BCUT2D eigenvalue weighted by atomic mass is 10.1. The predicted octanol–water partition coefficient (Wildman–Crippen LogP) is 2.37. The lowest BCUT2D eigenvalue weighted by Crippen LogP contribution is -2.22. The molecule has 0 bridgehead atoms. The Morgan fingerprint density at radius 1 is 1.33 bits per heavy atom. The first-order valence-corrected chi connectivity index (χ1v) is 4.36. The second kappa shape index (κ2) is 3.25. The van der Waals surface area contributed by atoms with Gasteiger partial charge in [-0.15, -0.1) is 0 Å². The molecule has 1 aromatic carbocycles. The summed E-state index contributed by atoms with van der Waals surface area (Å²) in [5.41, 5.74) is 0.469. The van der Waals surface area contributed by atoms with Crippen molar-refractivity contribution < 1.29 is 22.7 Å². The molecule has 2 rings (SSSR count). The van der Waals surface area contributed by atoms with Crippen LogP contribution in [0, 0.1) is 0 Å².